The summed E-state index contributed by atoms with van der Waals surface area (Å²) < 4.78 is 0.723. The van der Waals surface area contributed by atoms with Crippen molar-refractivity contribution in [3.8, 4) is 6.07 Å². The third-order valence-corrected chi connectivity index (χ3v) is 2.59. The minimum Gasteiger partial charge on any atom is -0.294 e. The highest BCUT2D eigenvalue weighted by Crippen LogP contribution is 2.19. The highest BCUT2D eigenvalue weighted by atomic mass is 79.9. The van der Waals surface area contributed by atoms with Crippen molar-refractivity contribution in [1.29, 1.82) is 5.26 Å². The van der Waals surface area contributed by atoms with Gasteiger partial charge in [-0.1, -0.05) is 19.9 Å². The van der Waals surface area contributed by atoms with E-state index in [1.807, 2.05) is 19.9 Å². The molecule has 0 aliphatic rings. The van der Waals surface area contributed by atoms with E-state index in [2.05, 4.69) is 15.9 Å². The number of rotatable bonds is 2. The first-order chi connectivity index (χ1) is 6.56. The summed E-state index contributed by atoms with van der Waals surface area (Å²) in [6, 6.07) is 7.11. The van der Waals surface area contributed by atoms with Gasteiger partial charge in [-0.2, -0.15) is 5.26 Å². The van der Waals surface area contributed by atoms with Gasteiger partial charge in [0.1, 0.15) is 6.07 Å². The van der Waals surface area contributed by atoms with Crippen molar-refractivity contribution >= 4 is 21.7 Å². The van der Waals surface area contributed by atoms with Crippen LogP contribution in [0.3, 0.4) is 0 Å². The predicted octanol–water partition coefficient (Wildman–Crippen LogP) is 3.16. The minimum atomic E-state index is -0.0391. The summed E-state index contributed by atoms with van der Waals surface area (Å²) in [5, 5.41) is 8.77. The lowest BCUT2D eigenvalue weighted by Gasteiger charge is -2.04. The van der Waals surface area contributed by atoms with Crippen molar-refractivity contribution < 1.29 is 4.79 Å². The van der Waals surface area contributed by atoms with E-state index >= 15 is 0 Å². The van der Waals surface area contributed by atoms with Gasteiger partial charge in [-0.25, -0.2) is 0 Å². The van der Waals surface area contributed by atoms with E-state index in [1.165, 1.54) is 0 Å². The molecule has 0 fully saturated rings. The van der Waals surface area contributed by atoms with Crippen LogP contribution < -0.4 is 0 Å². The van der Waals surface area contributed by atoms with E-state index in [0.717, 1.165) is 4.47 Å². The second-order valence-electron chi connectivity index (χ2n) is 3.33. The quantitative estimate of drug-likeness (QED) is 0.758. The number of halogens is 1. The van der Waals surface area contributed by atoms with Crippen LogP contribution in [0.1, 0.15) is 29.8 Å². The fourth-order valence-corrected chi connectivity index (χ4v) is 1.43. The molecule has 0 radical (unpaired) electrons. The molecule has 0 atom stereocenters. The lowest BCUT2D eigenvalue weighted by molar-refractivity contribution is 0.0939. The van der Waals surface area contributed by atoms with Crippen molar-refractivity contribution in [3.63, 3.8) is 0 Å². The molecular weight excluding hydrogens is 242 g/mol. The number of carbonyl (C=O) groups excluding carboxylic acids is 1. The summed E-state index contributed by atoms with van der Waals surface area (Å²) in [6.45, 7) is 3.69. The summed E-state index contributed by atoms with van der Waals surface area (Å²) in [4.78, 5) is 11.6. The number of carbonyl (C=O) groups is 1. The highest BCUT2D eigenvalue weighted by Gasteiger charge is 2.11. The Morgan fingerprint density at radius 2 is 2.14 bits per heavy atom. The largest absolute Gasteiger partial charge is 0.294 e. The minimum absolute atomic E-state index is 0.0391. The predicted molar refractivity (Wildman–Crippen MR) is 58.0 cm³/mol. The van der Waals surface area contributed by atoms with Gasteiger partial charge in [0.05, 0.1) is 5.56 Å². The molecule has 0 aliphatic heterocycles. The van der Waals surface area contributed by atoms with E-state index in [9.17, 15) is 4.79 Å². The molecule has 72 valence electrons. The first-order valence-electron chi connectivity index (χ1n) is 4.30. The van der Waals surface area contributed by atoms with Gasteiger partial charge in [-0.05, 0) is 28.1 Å². The van der Waals surface area contributed by atoms with Crippen LogP contribution in [0, 0.1) is 17.2 Å². The Kier molecular flexibility index (Phi) is 3.43. The molecule has 0 aliphatic carbocycles. The lowest BCUT2D eigenvalue weighted by Crippen LogP contribution is -2.07. The molecule has 1 rings (SSSR count). The molecule has 0 amide bonds. The number of hydrogen-bond donors (Lipinski definition) is 0. The van der Waals surface area contributed by atoms with E-state index in [1.54, 1.807) is 18.2 Å². The van der Waals surface area contributed by atoms with Crippen LogP contribution in [0.25, 0.3) is 0 Å². The Bertz CT molecular complexity index is 404. The molecule has 3 heteroatoms. The van der Waals surface area contributed by atoms with Crippen LogP contribution in [-0.2, 0) is 0 Å². The fourth-order valence-electron chi connectivity index (χ4n) is 1.10. The smallest absolute Gasteiger partial charge is 0.165 e. The SMILES string of the molecule is CC(C)C(=O)c1ccc(Br)c(C#N)c1. The zero-order valence-electron chi connectivity index (χ0n) is 8.04. The maximum atomic E-state index is 11.6. The average Bonchev–Trinajstić information content (AvgIpc) is 2.17. The third-order valence-electron chi connectivity index (χ3n) is 1.90. The summed E-state index contributed by atoms with van der Waals surface area (Å²) in [5.41, 5.74) is 1.09. The number of ketones is 1. The molecule has 0 saturated heterocycles. The van der Waals surface area contributed by atoms with Gasteiger partial charge in [0.2, 0.25) is 0 Å². The Balaban J connectivity index is 3.15. The zero-order chi connectivity index (χ0) is 10.7. The first-order valence-corrected chi connectivity index (χ1v) is 5.09. The number of Topliss-reactive ketones (excluding diaryl/α,β-unsaturated/α-hetero) is 1. The fraction of sp³-hybridized carbons (Fsp3) is 0.273. The number of nitriles is 1. The Morgan fingerprint density at radius 1 is 1.50 bits per heavy atom. The summed E-state index contributed by atoms with van der Waals surface area (Å²) in [7, 11) is 0. The number of hydrogen-bond acceptors (Lipinski definition) is 2. The monoisotopic (exact) mass is 251 g/mol. The van der Waals surface area contributed by atoms with E-state index in [0.29, 0.717) is 11.1 Å². The van der Waals surface area contributed by atoms with E-state index < -0.39 is 0 Å². The lowest BCUT2D eigenvalue weighted by atomic mass is 10.00. The molecule has 1 aromatic rings. The van der Waals surface area contributed by atoms with Crippen LogP contribution in [0.5, 0.6) is 0 Å². The number of nitrogens with zero attached hydrogens (tertiary/aromatic N) is 1. The summed E-state index contributed by atoms with van der Waals surface area (Å²) >= 11 is 3.24. The molecular formula is C11H10BrNO. The molecule has 14 heavy (non-hydrogen) atoms. The second kappa shape index (κ2) is 4.39. The molecule has 0 unspecified atom stereocenters. The third kappa shape index (κ3) is 2.21. The normalized spacial score (nSPS) is 9.93. The van der Waals surface area contributed by atoms with Crippen molar-refractivity contribution in [2.24, 2.45) is 5.92 Å². The summed E-state index contributed by atoms with van der Waals surface area (Å²) in [6.07, 6.45) is 0. The van der Waals surface area contributed by atoms with Crippen LogP contribution >= 0.6 is 15.9 Å². The Hall–Kier alpha value is -1.14. The second-order valence-corrected chi connectivity index (χ2v) is 4.18. The molecule has 0 N–H and O–H groups in total. The van der Waals surface area contributed by atoms with E-state index in [4.69, 9.17) is 5.26 Å². The van der Waals surface area contributed by atoms with Crippen molar-refractivity contribution in [2.75, 3.05) is 0 Å². The zero-order valence-corrected chi connectivity index (χ0v) is 9.63. The van der Waals surface area contributed by atoms with Gasteiger partial charge >= 0.3 is 0 Å². The van der Waals surface area contributed by atoms with Gasteiger partial charge in [0, 0.05) is 16.0 Å². The van der Waals surface area contributed by atoms with Crippen LogP contribution in [0.15, 0.2) is 22.7 Å². The maximum Gasteiger partial charge on any atom is 0.165 e. The topological polar surface area (TPSA) is 40.9 Å². The van der Waals surface area contributed by atoms with Crippen molar-refractivity contribution in [1.82, 2.24) is 0 Å². The Morgan fingerprint density at radius 3 is 2.64 bits per heavy atom. The standard InChI is InChI=1S/C11H10BrNO/c1-7(2)11(14)8-3-4-10(12)9(5-8)6-13/h3-5,7H,1-2H3. The molecule has 2 nitrogen and oxygen atoms in total. The van der Waals surface area contributed by atoms with Crippen LogP contribution in [0.2, 0.25) is 0 Å². The molecule has 0 heterocycles. The highest BCUT2D eigenvalue weighted by molar-refractivity contribution is 9.10. The van der Waals surface area contributed by atoms with Crippen molar-refractivity contribution in [3.05, 3.63) is 33.8 Å². The van der Waals surface area contributed by atoms with Gasteiger partial charge in [-0.3, -0.25) is 4.79 Å². The summed E-state index contributed by atoms with van der Waals surface area (Å²) in [5.74, 6) is 0.0247. The van der Waals surface area contributed by atoms with Gasteiger partial charge in [0.25, 0.3) is 0 Å². The molecule has 0 saturated carbocycles. The maximum absolute atomic E-state index is 11.6. The van der Waals surface area contributed by atoms with E-state index in [-0.39, 0.29) is 11.7 Å². The molecule has 0 bridgehead atoms. The van der Waals surface area contributed by atoms with Gasteiger partial charge in [0.15, 0.2) is 5.78 Å². The van der Waals surface area contributed by atoms with Crippen LogP contribution in [-0.4, -0.2) is 5.78 Å². The molecule has 0 spiro atoms. The number of benzene rings is 1. The van der Waals surface area contributed by atoms with Crippen molar-refractivity contribution in [2.45, 2.75) is 13.8 Å². The molecule has 1 aromatic carbocycles. The van der Waals surface area contributed by atoms with Gasteiger partial charge < -0.3 is 0 Å². The first kappa shape index (κ1) is 10.9. The molecule has 0 aromatic heterocycles. The average molecular weight is 252 g/mol. The van der Waals surface area contributed by atoms with Gasteiger partial charge in [-0.15, -0.1) is 0 Å². The Labute approximate surface area is 91.7 Å². The van der Waals surface area contributed by atoms with Crippen LogP contribution in [0.4, 0.5) is 0 Å².